The second kappa shape index (κ2) is 7.69. The summed E-state index contributed by atoms with van der Waals surface area (Å²) in [6.07, 6.45) is 1.60. The minimum absolute atomic E-state index is 0.278. The molecule has 1 amide bonds. The van der Waals surface area contributed by atoms with Gasteiger partial charge in [0.05, 0.1) is 6.20 Å². The normalized spacial score (nSPS) is 21.0. The van der Waals surface area contributed by atoms with E-state index in [1.807, 2.05) is 19.9 Å². The van der Waals surface area contributed by atoms with Crippen LogP contribution in [-0.4, -0.2) is 46.2 Å². The summed E-state index contributed by atoms with van der Waals surface area (Å²) in [6, 6.07) is 9.65. The highest BCUT2D eigenvalue weighted by Crippen LogP contribution is 2.35. The van der Waals surface area contributed by atoms with E-state index >= 15 is 0 Å². The quantitative estimate of drug-likeness (QED) is 0.780. The number of likely N-dealkylation sites (N-methyl/N-ethyl adjacent to an activating group) is 1. The van der Waals surface area contributed by atoms with Gasteiger partial charge in [0, 0.05) is 18.7 Å². The van der Waals surface area contributed by atoms with Crippen molar-refractivity contribution in [2.45, 2.75) is 39.0 Å². The van der Waals surface area contributed by atoms with Gasteiger partial charge in [0.2, 0.25) is 12.1 Å². The van der Waals surface area contributed by atoms with Crippen molar-refractivity contribution in [3.63, 3.8) is 0 Å². The molecule has 1 saturated heterocycles. The van der Waals surface area contributed by atoms with Crippen molar-refractivity contribution < 1.29 is 17.9 Å². The third-order valence-electron chi connectivity index (χ3n) is 4.58. The molecule has 1 fully saturated rings. The molecule has 0 bridgehead atoms. The van der Waals surface area contributed by atoms with Crippen LogP contribution in [0, 0.1) is 5.92 Å². The Kier molecular flexibility index (Phi) is 5.52. The molecule has 2 heterocycles. The fourth-order valence-corrected chi connectivity index (χ4v) is 4.60. The monoisotopic (exact) mass is 392 g/mol. The maximum Gasteiger partial charge on any atom is 0.310 e. The lowest BCUT2D eigenvalue weighted by Gasteiger charge is -2.26. The van der Waals surface area contributed by atoms with Gasteiger partial charge in [0.1, 0.15) is 6.04 Å². The Balaban J connectivity index is 1.98. The summed E-state index contributed by atoms with van der Waals surface area (Å²) in [5, 5.41) is 6.46. The summed E-state index contributed by atoms with van der Waals surface area (Å²) in [5.74, 6) is 0.167. The lowest BCUT2D eigenvalue weighted by atomic mass is 10.0. The number of hydrogen-bond acceptors (Lipinski definition) is 5. The van der Waals surface area contributed by atoms with Gasteiger partial charge < -0.3 is 4.74 Å². The Morgan fingerprint density at radius 2 is 1.93 bits per heavy atom. The molecule has 1 N–H and O–H groups in total. The highest BCUT2D eigenvalue weighted by molar-refractivity contribution is 7.87. The number of aromatic nitrogens is 2. The van der Waals surface area contributed by atoms with Crippen LogP contribution in [0.1, 0.15) is 38.5 Å². The summed E-state index contributed by atoms with van der Waals surface area (Å²) in [5.41, 5.74) is 0.557. The molecule has 1 aromatic heterocycles. The smallest absolute Gasteiger partial charge is 0.310 e. The molecule has 3 rings (SSSR count). The highest BCUT2D eigenvalue weighted by atomic mass is 32.2. The molecule has 27 heavy (non-hydrogen) atoms. The van der Waals surface area contributed by atoms with Crippen LogP contribution in [0.25, 0.3) is 0 Å². The largest absolute Gasteiger partial charge is 0.448 e. The van der Waals surface area contributed by atoms with E-state index in [2.05, 4.69) is 10.2 Å². The maximum absolute atomic E-state index is 13.1. The fourth-order valence-electron chi connectivity index (χ4n) is 3.05. The minimum Gasteiger partial charge on any atom is -0.448 e. The number of H-pyrrole nitrogens is 1. The predicted octanol–water partition coefficient (Wildman–Crippen LogP) is 2.31. The lowest BCUT2D eigenvalue weighted by Crippen LogP contribution is -2.39. The van der Waals surface area contributed by atoms with Crippen LogP contribution in [0.5, 0.6) is 5.88 Å². The van der Waals surface area contributed by atoms with Crippen molar-refractivity contribution in [1.29, 1.82) is 0 Å². The van der Waals surface area contributed by atoms with E-state index in [4.69, 9.17) is 4.74 Å². The molecule has 1 aromatic carbocycles. The molecular weight excluding hydrogens is 368 g/mol. The van der Waals surface area contributed by atoms with E-state index in [1.54, 1.807) is 30.3 Å². The Morgan fingerprint density at radius 1 is 1.22 bits per heavy atom. The second-order valence-corrected chi connectivity index (χ2v) is 8.81. The number of nitrogens with one attached hydrogen (secondary N) is 1. The van der Waals surface area contributed by atoms with Gasteiger partial charge in [-0.2, -0.15) is 22.1 Å². The first-order chi connectivity index (χ1) is 12.8. The van der Waals surface area contributed by atoms with Crippen LogP contribution in [0.3, 0.4) is 0 Å². The van der Waals surface area contributed by atoms with Gasteiger partial charge in [-0.05, 0) is 18.8 Å². The number of nitrogens with zero attached hydrogens (tertiary/aromatic N) is 3. The van der Waals surface area contributed by atoms with Crippen molar-refractivity contribution in [3.8, 4) is 5.88 Å². The number of carbonyl (C=O) groups is 1. The Hall–Kier alpha value is -2.39. The van der Waals surface area contributed by atoms with E-state index in [1.165, 1.54) is 13.2 Å². The molecule has 0 spiro atoms. The van der Waals surface area contributed by atoms with Gasteiger partial charge in [0.25, 0.3) is 5.91 Å². The first kappa shape index (κ1) is 19.4. The van der Waals surface area contributed by atoms with E-state index in [9.17, 15) is 13.2 Å². The van der Waals surface area contributed by atoms with Gasteiger partial charge in [-0.15, -0.1) is 0 Å². The van der Waals surface area contributed by atoms with Crippen molar-refractivity contribution >= 4 is 16.1 Å². The number of carbonyl (C=O) groups excluding carboxylic acids is 1. The topological polar surface area (TPSA) is 95.6 Å². The van der Waals surface area contributed by atoms with E-state index in [0.29, 0.717) is 17.9 Å². The number of hydrogen-bond donors (Lipinski definition) is 1. The van der Waals surface area contributed by atoms with Crippen LogP contribution in [0.4, 0.5) is 0 Å². The standard InChI is InChI=1S/C18H24N4O4S/c1-13(2)9-10-15-17(23)22(27(24,25)21(15)3)18(14-7-5-4-6-8-14)26-16-11-12-19-20-16/h4-8,11-13,15,18H,9-10H2,1-3H3,(H,19,20). The van der Waals surface area contributed by atoms with Crippen LogP contribution in [0.2, 0.25) is 0 Å². The molecule has 9 heteroatoms. The fraction of sp³-hybridized carbons (Fsp3) is 0.444. The molecule has 2 atom stereocenters. The van der Waals surface area contributed by atoms with Crippen molar-refractivity contribution in [1.82, 2.24) is 18.8 Å². The molecule has 1 aliphatic heterocycles. The maximum atomic E-state index is 13.1. The molecule has 0 radical (unpaired) electrons. The summed E-state index contributed by atoms with van der Waals surface area (Å²) < 4.78 is 33.9. The first-order valence-corrected chi connectivity index (χ1v) is 10.2. The number of benzene rings is 1. The average Bonchev–Trinajstić information content (AvgIpc) is 3.19. The summed E-state index contributed by atoms with van der Waals surface area (Å²) in [7, 11) is -2.56. The average molecular weight is 392 g/mol. The number of ether oxygens (including phenoxy) is 1. The zero-order valence-corrected chi connectivity index (χ0v) is 16.4. The van der Waals surface area contributed by atoms with Gasteiger partial charge >= 0.3 is 10.2 Å². The van der Waals surface area contributed by atoms with E-state index in [0.717, 1.165) is 15.0 Å². The molecule has 2 aromatic rings. The predicted molar refractivity (Wildman–Crippen MR) is 99.8 cm³/mol. The van der Waals surface area contributed by atoms with Crippen LogP contribution in [-0.2, 0) is 15.0 Å². The Morgan fingerprint density at radius 3 is 2.52 bits per heavy atom. The number of rotatable bonds is 7. The van der Waals surface area contributed by atoms with Gasteiger partial charge in [-0.1, -0.05) is 44.2 Å². The SMILES string of the molecule is CC(C)CCC1C(=O)N(C(Oc2ccn[nH]2)c2ccccc2)S(=O)(=O)N1C. The van der Waals surface area contributed by atoms with E-state index < -0.39 is 28.4 Å². The zero-order valence-electron chi connectivity index (χ0n) is 15.6. The zero-order chi connectivity index (χ0) is 19.6. The van der Waals surface area contributed by atoms with Gasteiger partial charge in [0.15, 0.2) is 0 Å². The molecule has 0 aliphatic carbocycles. The lowest BCUT2D eigenvalue weighted by molar-refractivity contribution is -0.133. The molecule has 8 nitrogen and oxygen atoms in total. The molecular formula is C18H24N4O4S. The second-order valence-electron chi connectivity index (χ2n) is 6.95. The number of amides is 1. The first-order valence-electron chi connectivity index (χ1n) is 8.84. The van der Waals surface area contributed by atoms with Crippen molar-refractivity contribution in [2.75, 3.05) is 7.05 Å². The minimum atomic E-state index is -4.00. The highest BCUT2D eigenvalue weighted by Gasteiger charge is 2.52. The Labute approximate surface area is 159 Å². The van der Waals surface area contributed by atoms with Crippen LogP contribution >= 0.6 is 0 Å². The van der Waals surface area contributed by atoms with Crippen molar-refractivity contribution in [2.24, 2.45) is 5.92 Å². The molecule has 146 valence electrons. The van der Waals surface area contributed by atoms with E-state index in [-0.39, 0.29) is 5.88 Å². The third kappa shape index (κ3) is 3.84. The van der Waals surface area contributed by atoms with Gasteiger partial charge in [-0.3, -0.25) is 4.79 Å². The third-order valence-corrected chi connectivity index (χ3v) is 6.43. The summed E-state index contributed by atoms with van der Waals surface area (Å²) in [6.45, 7) is 4.08. The summed E-state index contributed by atoms with van der Waals surface area (Å²) in [4.78, 5) is 13.1. The van der Waals surface area contributed by atoms with Crippen LogP contribution in [0.15, 0.2) is 42.6 Å². The molecule has 2 unspecified atom stereocenters. The van der Waals surface area contributed by atoms with Crippen molar-refractivity contribution in [3.05, 3.63) is 48.2 Å². The Bertz CT molecular complexity index is 868. The molecule has 1 aliphatic rings. The number of aromatic amines is 1. The van der Waals surface area contributed by atoms with Crippen LogP contribution < -0.4 is 4.74 Å². The van der Waals surface area contributed by atoms with Gasteiger partial charge in [-0.25, -0.2) is 5.10 Å². The summed E-state index contributed by atoms with van der Waals surface area (Å²) >= 11 is 0. The molecule has 0 saturated carbocycles.